The molecule has 0 aliphatic rings. The van der Waals surface area contributed by atoms with E-state index < -0.39 is 0 Å². The Labute approximate surface area is 122 Å². The van der Waals surface area contributed by atoms with Crippen molar-refractivity contribution in [3.05, 3.63) is 58.8 Å². The third-order valence-electron chi connectivity index (χ3n) is 3.63. The Morgan fingerprint density at radius 1 is 1.14 bits per heavy atom. The fourth-order valence-corrected chi connectivity index (χ4v) is 2.56. The number of pyridine rings is 2. The molecule has 0 saturated carbocycles. The quantitative estimate of drug-likeness (QED) is 0.725. The summed E-state index contributed by atoms with van der Waals surface area (Å²) >= 11 is 0. The van der Waals surface area contributed by atoms with Crippen molar-refractivity contribution < 1.29 is 4.74 Å². The summed E-state index contributed by atoms with van der Waals surface area (Å²) in [6.45, 7) is 2.04. The molecule has 0 amide bonds. The van der Waals surface area contributed by atoms with Gasteiger partial charge in [0.1, 0.15) is 5.75 Å². The van der Waals surface area contributed by atoms with Crippen molar-refractivity contribution >= 4 is 10.8 Å². The smallest absolute Gasteiger partial charge is 0.259 e. The standard InChI is InChI=1S/C17H16N2O2/c1-11-4-5-16(21-3)13(8-11)15-10-19(2)17(20)14-9-18-7-6-12(14)15/h4-10H,1-3H3. The summed E-state index contributed by atoms with van der Waals surface area (Å²) in [5.41, 5.74) is 3.04. The zero-order valence-electron chi connectivity index (χ0n) is 12.3. The minimum atomic E-state index is -0.0477. The first-order valence-electron chi connectivity index (χ1n) is 6.70. The lowest BCUT2D eigenvalue weighted by molar-refractivity contribution is 0.416. The Kier molecular flexibility index (Phi) is 3.22. The van der Waals surface area contributed by atoms with E-state index in [0.717, 1.165) is 27.8 Å². The van der Waals surface area contributed by atoms with E-state index in [4.69, 9.17) is 4.74 Å². The van der Waals surface area contributed by atoms with Crippen molar-refractivity contribution in [3.8, 4) is 16.9 Å². The van der Waals surface area contributed by atoms with Gasteiger partial charge in [0.15, 0.2) is 0 Å². The van der Waals surface area contributed by atoms with Gasteiger partial charge in [-0.25, -0.2) is 0 Å². The highest BCUT2D eigenvalue weighted by atomic mass is 16.5. The number of methoxy groups -OCH3 is 1. The van der Waals surface area contributed by atoms with E-state index in [1.54, 1.807) is 31.1 Å². The van der Waals surface area contributed by atoms with Crippen molar-refractivity contribution in [2.24, 2.45) is 7.05 Å². The van der Waals surface area contributed by atoms with E-state index in [0.29, 0.717) is 5.39 Å². The van der Waals surface area contributed by atoms with Gasteiger partial charge in [-0.2, -0.15) is 0 Å². The summed E-state index contributed by atoms with van der Waals surface area (Å²) in [7, 11) is 3.40. The van der Waals surface area contributed by atoms with Gasteiger partial charge in [0, 0.05) is 36.8 Å². The molecular formula is C17H16N2O2. The third-order valence-corrected chi connectivity index (χ3v) is 3.63. The highest BCUT2D eigenvalue weighted by Crippen LogP contribution is 2.34. The average Bonchev–Trinajstić information content (AvgIpc) is 2.51. The minimum Gasteiger partial charge on any atom is -0.496 e. The van der Waals surface area contributed by atoms with Gasteiger partial charge in [0.2, 0.25) is 0 Å². The van der Waals surface area contributed by atoms with Crippen LogP contribution in [0.3, 0.4) is 0 Å². The van der Waals surface area contributed by atoms with Crippen LogP contribution in [0.25, 0.3) is 21.9 Å². The lowest BCUT2D eigenvalue weighted by atomic mass is 9.99. The number of aromatic nitrogens is 2. The molecular weight excluding hydrogens is 264 g/mol. The number of ether oxygens (including phenoxy) is 1. The van der Waals surface area contributed by atoms with Gasteiger partial charge in [-0.05, 0) is 30.5 Å². The summed E-state index contributed by atoms with van der Waals surface area (Å²) in [4.78, 5) is 16.3. The Morgan fingerprint density at radius 3 is 2.71 bits per heavy atom. The van der Waals surface area contributed by atoms with Crippen LogP contribution in [-0.2, 0) is 7.05 Å². The minimum absolute atomic E-state index is 0.0477. The van der Waals surface area contributed by atoms with E-state index in [1.807, 2.05) is 31.3 Å². The van der Waals surface area contributed by atoms with Crippen LogP contribution in [0.4, 0.5) is 0 Å². The second-order valence-electron chi connectivity index (χ2n) is 5.08. The van der Waals surface area contributed by atoms with Crippen LogP contribution in [0.15, 0.2) is 47.7 Å². The van der Waals surface area contributed by atoms with E-state index in [-0.39, 0.29) is 5.56 Å². The van der Waals surface area contributed by atoms with Crippen LogP contribution in [0.2, 0.25) is 0 Å². The molecule has 2 aromatic heterocycles. The molecule has 0 N–H and O–H groups in total. The predicted molar refractivity (Wildman–Crippen MR) is 83.7 cm³/mol. The maximum absolute atomic E-state index is 12.2. The number of hydrogen-bond donors (Lipinski definition) is 0. The predicted octanol–water partition coefficient (Wildman–Crippen LogP) is 2.92. The number of fused-ring (bicyclic) bond motifs is 1. The van der Waals surface area contributed by atoms with Crippen molar-refractivity contribution in [2.45, 2.75) is 6.92 Å². The van der Waals surface area contributed by atoms with Crippen LogP contribution in [0.5, 0.6) is 5.75 Å². The number of rotatable bonds is 2. The van der Waals surface area contributed by atoms with Gasteiger partial charge >= 0.3 is 0 Å². The summed E-state index contributed by atoms with van der Waals surface area (Å²) < 4.78 is 7.06. The number of nitrogens with zero attached hydrogens (tertiary/aromatic N) is 2. The van der Waals surface area contributed by atoms with Crippen LogP contribution in [0.1, 0.15) is 5.56 Å². The van der Waals surface area contributed by atoms with Gasteiger partial charge in [0.25, 0.3) is 5.56 Å². The van der Waals surface area contributed by atoms with Gasteiger partial charge < -0.3 is 9.30 Å². The Bertz CT molecular complexity index is 882. The van der Waals surface area contributed by atoms with E-state index >= 15 is 0 Å². The highest BCUT2D eigenvalue weighted by molar-refractivity contribution is 5.96. The van der Waals surface area contributed by atoms with Crippen LogP contribution < -0.4 is 10.3 Å². The molecule has 0 atom stereocenters. The summed E-state index contributed by atoms with van der Waals surface area (Å²) in [6, 6.07) is 7.89. The molecule has 0 fully saturated rings. The summed E-state index contributed by atoms with van der Waals surface area (Å²) in [5, 5.41) is 1.50. The normalized spacial score (nSPS) is 10.8. The number of benzene rings is 1. The van der Waals surface area contributed by atoms with Crippen molar-refractivity contribution in [2.75, 3.05) is 7.11 Å². The van der Waals surface area contributed by atoms with E-state index in [2.05, 4.69) is 11.1 Å². The molecule has 4 heteroatoms. The topological polar surface area (TPSA) is 44.1 Å². The Morgan fingerprint density at radius 2 is 1.95 bits per heavy atom. The molecule has 0 unspecified atom stereocenters. The van der Waals surface area contributed by atoms with Gasteiger partial charge in [-0.3, -0.25) is 9.78 Å². The zero-order chi connectivity index (χ0) is 15.0. The first-order chi connectivity index (χ1) is 10.1. The highest BCUT2D eigenvalue weighted by Gasteiger charge is 2.13. The summed E-state index contributed by atoms with van der Waals surface area (Å²) in [5.74, 6) is 0.789. The fraction of sp³-hybridized carbons (Fsp3) is 0.176. The molecule has 2 heterocycles. The van der Waals surface area contributed by atoms with Gasteiger partial charge in [0.05, 0.1) is 12.5 Å². The fourth-order valence-electron chi connectivity index (χ4n) is 2.56. The van der Waals surface area contributed by atoms with Crippen LogP contribution in [0, 0.1) is 6.92 Å². The maximum Gasteiger partial charge on any atom is 0.259 e. The van der Waals surface area contributed by atoms with Crippen molar-refractivity contribution in [3.63, 3.8) is 0 Å². The first-order valence-corrected chi connectivity index (χ1v) is 6.70. The molecule has 0 aliphatic carbocycles. The average molecular weight is 280 g/mol. The molecule has 21 heavy (non-hydrogen) atoms. The second kappa shape index (κ2) is 5.05. The second-order valence-corrected chi connectivity index (χ2v) is 5.08. The number of hydrogen-bond acceptors (Lipinski definition) is 3. The molecule has 1 aromatic carbocycles. The summed E-state index contributed by atoms with van der Waals surface area (Å²) in [6.07, 6.45) is 5.17. The van der Waals surface area contributed by atoms with E-state index in [9.17, 15) is 4.79 Å². The molecule has 0 aliphatic heterocycles. The van der Waals surface area contributed by atoms with Gasteiger partial charge in [-0.15, -0.1) is 0 Å². The van der Waals surface area contributed by atoms with Crippen LogP contribution >= 0.6 is 0 Å². The zero-order valence-corrected chi connectivity index (χ0v) is 12.3. The maximum atomic E-state index is 12.2. The molecule has 0 radical (unpaired) electrons. The Hall–Kier alpha value is -2.62. The molecule has 4 nitrogen and oxygen atoms in total. The lowest BCUT2D eigenvalue weighted by Gasteiger charge is -2.13. The number of aryl methyl sites for hydroxylation is 2. The monoisotopic (exact) mass is 280 g/mol. The Balaban J connectivity index is 2.44. The van der Waals surface area contributed by atoms with Crippen molar-refractivity contribution in [1.29, 1.82) is 0 Å². The van der Waals surface area contributed by atoms with Gasteiger partial charge in [-0.1, -0.05) is 11.6 Å². The molecule has 106 valence electrons. The molecule has 0 saturated heterocycles. The van der Waals surface area contributed by atoms with E-state index in [1.165, 1.54) is 0 Å². The SMILES string of the molecule is COc1ccc(C)cc1-c1cn(C)c(=O)c2cnccc12. The first kappa shape index (κ1) is 13.4. The molecule has 0 spiro atoms. The molecule has 0 bridgehead atoms. The molecule has 3 aromatic rings. The molecule has 3 rings (SSSR count). The third kappa shape index (κ3) is 2.18. The van der Waals surface area contributed by atoms with Crippen LogP contribution in [-0.4, -0.2) is 16.7 Å². The largest absolute Gasteiger partial charge is 0.496 e. The van der Waals surface area contributed by atoms with Crippen molar-refractivity contribution in [1.82, 2.24) is 9.55 Å². The lowest BCUT2D eigenvalue weighted by Crippen LogP contribution is -2.16.